The molecule has 2 aromatic rings. The summed E-state index contributed by atoms with van der Waals surface area (Å²) in [6.45, 7) is 1.91. The minimum Gasteiger partial charge on any atom is -0.507 e. The van der Waals surface area contributed by atoms with E-state index in [9.17, 15) is 5.11 Å². The zero-order chi connectivity index (χ0) is 7.84. The van der Waals surface area contributed by atoms with Gasteiger partial charge in [0.2, 0.25) is 0 Å². The molecule has 11 heavy (non-hydrogen) atoms. The van der Waals surface area contributed by atoms with E-state index in [1.807, 2.05) is 13.0 Å². The maximum absolute atomic E-state index is 9.38. The van der Waals surface area contributed by atoms with E-state index >= 15 is 0 Å². The van der Waals surface area contributed by atoms with E-state index in [-0.39, 0.29) is 5.75 Å². The fraction of sp³-hybridized carbons (Fsp3) is 0.111. The van der Waals surface area contributed by atoms with Gasteiger partial charge in [0.15, 0.2) is 0 Å². The average Bonchev–Trinajstić information content (AvgIpc) is 2.34. The van der Waals surface area contributed by atoms with Crippen molar-refractivity contribution in [2.45, 2.75) is 6.92 Å². The topological polar surface area (TPSA) is 33.4 Å². The number of furan rings is 1. The predicted octanol–water partition coefficient (Wildman–Crippen LogP) is 2.45. The van der Waals surface area contributed by atoms with Crippen LogP contribution in [-0.2, 0) is 0 Å². The number of benzene rings is 1. The molecule has 0 unspecified atom stereocenters. The first-order valence-electron chi connectivity index (χ1n) is 3.45. The van der Waals surface area contributed by atoms with Crippen molar-refractivity contribution >= 4 is 11.0 Å². The Balaban J connectivity index is 2.96. The lowest BCUT2D eigenvalue weighted by atomic mass is 10.2. The molecule has 0 saturated heterocycles. The third-order valence-corrected chi connectivity index (χ3v) is 1.76. The van der Waals surface area contributed by atoms with Crippen LogP contribution in [0.2, 0.25) is 0 Å². The first-order chi connectivity index (χ1) is 5.29. The number of hydrogen-bond acceptors (Lipinski definition) is 2. The van der Waals surface area contributed by atoms with E-state index in [2.05, 4.69) is 0 Å². The Morgan fingerprint density at radius 1 is 1.36 bits per heavy atom. The Labute approximate surface area is 64.1 Å². The van der Waals surface area contributed by atoms with E-state index in [1.54, 1.807) is 18.4 Å². The van der Waals surface area contributed by atoms with Gasteiger partial charge in [-0.3, -0.25) is 0 Å². The van der Waals surface area contributed by atoms with Crippen LogP contribution in [0.3, 0.4) is 0 Å². The summed E-state index contributed by atoms with van der Waals surface area (Å²) in [5.74, 6) is 0.286. The molecule has 0 radical (unpaired) electrons. The molecule has 0 aliphatic rings. The van der Waals surface area contributed by atoms with Crippen molar-refractivity contribution in [1.82, 2.24) is 0 Å². The van der Waals surface area contributed by atoms with Crippen molar-refractivity contribution in [2.24, 2.45) is 0 Å². The summed E-state index contributed by atoms with van der Waals surface area (Å²) in [6, 6.07) is 5.26. The number of aromatic hydroxyl groups is 1. The van der Waals surface area contributed by atoms with Gasteiger partial charge in [-0.15, -0.1) is 0 Å². The van der Waals surface area contributed by atoms with Gasteiger partial charge in [-0.25, -0.2) is 0 Å². The molecular weight excluding hydrogens is 140 g/mol. The SMILES string of the molecule is Cc1coc2cccc(O)c12. The van der Waals surface area contributed by atoms with Gasteiger partial charge < -0.3 is 9.52 Å². The highest BCUT2D eigenvalue weighted by molar-refractivity contribution is 5.86. The largest absolute Gasteiger partial charge is 0.507 e. The molecule has 2 rings (SSSR count). The summed E-state index contributed by atoms with van der Waals surface area (Å²) in [7, 11) is 0. The smallest absolute Gasteiger partial charge is 0.137 e. The molecule has 1 aromatic carbocycles. The molecule has 56 valence electrons. The van der Waals surface area contributed by atoms with E-state index in [1.165, 1.54) is 0 Å². The van der Waals surface area contributed by atoms with Crippen molar-refractivity contribution in [3.05, 3.63) is 30.0 Å². The van der Waals surface area contributed by atoms with Gasteiger partial charge in [0.1, 0.15) is 11.3 Å². The molecule has 0 fully saturated rings. The lowest BCUT2D eigenvalue weighted by Crippen LogP contribution is -1.68. The fourth-order valence-corrected chi connectivity index (χ4v) is 1.22. The van der Waals surface area contributed by atoms with E-state index in [0.29, 0.717) is 0 Å². The van der Waals surface area contributed by atoms with E-state index in [4.69, 9.17) is 4.42 Å². The summed E-state index contributed by atoms with van der Waals surface area (Å²) in [6.07, 6.45) is 1.64. The molecule has 0 saturated carbocycles. The molecule has 0 bridgehead atoms. The van der Waals surface area contributed by atoms with Crippen LogP contribution >= 0.6 is 0 Å². The van der Waals surface area contributed by atoms with Gasteiger partial charge >= 0.3 is 0 Å². The van der Waals surface area contributed by atoms with Gasteiger partial charge in [-0.2, -0.15) is 0 Å². The van der Waals surface area contributed by atoms with Crippen LogP contribution in [0.5, 0.6) is 5.75 Å². The maximum atomic E-state index is 9.38. The molecule has 1 heterocycles. The highest BCUT2D eigenvalue weighted by Gasteiger charge is 2.04. The molecule has 1 N–H and O–H groups in total. The molecule has 1 aromatic heterocycles. The molecule has 0 spiro atoms. The highest BCUT2D eigenvalue weighted by atomic mass is 16.3. The first-order valence-corrected chi connectivity index (χ1v) is 3.45. The van der Waals surface area contributed by atoms with Gasteiger partial charge in [-0.05, 0) is 24.6 Å². The summed E-state index contributed by atoms with van der Waals surface area (Å²) >= 11 is 0. The van der Waals surface area contributed by atoms with Crippen molar-refractivity contribution in [1.29, 1.82) is 0 Å². The molecule has 2 heteroatoms. The Morgan fingerprint density at radius 3 is 2.91 bits per heavy atom. The lowest BCUT2D eigenvalue weighted by Gasteiger charge is -1.92. The highest BCUT2D eigenvalue weighted by Crippen LogP contribution is 2.28. The standard InChI is InChI=1S/C9H8O2/c1-6-5-11-8-4-2-3-7(10)9(6)8/h2-5,10H,1H3. The van der Waals surface area contributed by atoms with Crippen LogP contribution in [0, 0.1) is 6.92 Å². The lowest BCUT2D eigenvalue weighted by molar-refractivity contribution is 0.481. The number of fused-ring (bicyclic) bond motifs is 1. The Bertz CT molecular complexity index is 387. The maximum Gasteiger partial charge on any atom is 0.137 e. The summed E-state index contributed by atoms with van der Waals surface area (Å²) in [5, 5.41) is 10.2. The minimum atomic E-state index is 0.286. The third kappa shape index (κ3) is 0.792. The second-order valence-corrected chi connectivity index (χ2v) is 2.57. The Kier molecular flexibility index (Phi) is 1.15. The fourth-order valence-electron chi connectivity index (χ4n) is 1.22. The second kappa shape index (κ2) is 2.02. The monoisotopic (exact) mass is 148 g/mol. The number of phenols is 1. The molecule has 0 amide bonds. The van der Waals surface area contributed by atoms with E-state index in [0.717, 1.165) is 16.5 Å². The van der Waals surface area contributed by atoms with Crippen LogP contribution in [0.4, 0.5) is 0 Å². The Morgan fingerprint density at radius 2 is 2.18 bits per heavy atom. The van der Waals surface area contributed by atoms with Gasteiger partial charge in [0.25, 0.3) is 0 Å². The second-order valence-electron chi connectivity index (χ2n) is 2.57. The van der Waals surface area contributed by atoms with Crippen molar-refractivity contribution in [3.63, 3.8) is 0 Å². The van der Waals surface area contributed by atoms with Gasteiger partial charge in [0.05, 0.1) is 11.6 Å². The summed E-state index contributed by atoms with van der Waals surface area (Å²) in [5.41, 5.74) is 1.71. The number of phenolic OH excluding ortho intramolecular Hbond substituents is 1. The van der Waals surface area contributed by atoms with Gasteiger partial charge in [0, 0.05) is 0 Å². The molecule has 0 atom stereocenters. The van der Waals surface area contributed by atoms with Crippen molar-refractivity contribution in [2.75, 3.05) is 0 Å². The average molecular weight is 148 g/mol. The molecule has 2 nitrogen and oxygen atoms in total. The Hall–Kier alpha value is -1.44. The van der Waals surface area contributed by atoms with Crippen LogP contribution < -0.4 is 0 Å². The number of hydrogen-bond donors (Lipinski definition) is 1. The quantitative estimate of drug-likeness (QED) is 0.622. The summed E-state index contributed by atoms with van der Waals surface area (Å²) < 4.78 is 5.17. The predicted molar refractivity (Wildman–Crippen MR) is 42.6 cm³/mol. The number of rotatable bonds is 0. The van der Waals surface area contributed by atoms with Gasteiger partial charge in [-0.1, -0.05) is 6.07 Å². The van der Waals surface area contributed by atoms with Crippen LogP contribution in [-0.4, -0.2) is 5.11 Å². The van der Waals surface area contributed by atoms with Crippen LogP contribution in [0.1, 0.15) is 5.56 Å². The van der Waals surface area contributed by atoms with Crippen molar-refractivity contribution in [3.8, 4) is 5.75 Å². The molecular formula is C9H8O2. The molecule has 0 aliphatic heterocycles. The zero-order valence-corrected chi connectivity index (χ0v) is 6.16. The minimum absolute atomic E-state index is 0.286. The third-order valence-electron chi connectivity index (χ3n) is 1.76. The first kappa shape index (κ1) is 6.28. The zero-order valence-electron chi connectivity index (χ0n) is 6.16. The van der Waals surface area contributed by atoms with Crippen LogP contribution in [0.15, 0.2) is 28.9 Å². The molecule has 0 aliphatic carbocycles. The van der Waals surface area contributed by atoms with Crippen molar-refractivity contribution < 1.29 is 9.52 Å². The normalized spacial score (nSPS) is 10.6. The van der Waals surface area contributed by atoms with Crippen LogP contribution in [0.25, 0.3) is 11.0 Å². The summed E-state index contributed by atoms with van der Waals surface area (Å²) in [4.78, 5) is 0. The van der Waals surface area contributed by atoms with E-state index < -0.39 is 0 Å². The number of aryl methyl sites for hydroxylation is 1.